The van der Waals surface area contributed by atoms with Crippen LogP contribution in [0, 0.1) is 0 Å². The molecule has 120 valence electrons. The van der Waals surface area contributed by atoms with Gasteiger partial charge in [-0.15, -0.1) is 0 Å². The zero-order chi connectivity index (χ0) is 16.5. The lowest BCUT2D eigenvalue weighted by molar-refractivity contribution is -0.149. The summed E-state index contributed by atoms with van der Waals surface area (Å²) in [5, 5.41) is 0. The van der Waals surface area contributed by atoms with E-state index >= 15 is 0 Å². The lowest BCUT2D eigenvalue weighted by Crippen LogP contribution is -2.50. The highest BCUT2D eigenvalue weighted by atomic mass is 16.5. The fraction of sp³-hybridized carbons (Fsp3) is 0.250. The van der Waals surface area contributed by atoms with Gasteiger partial charge in [0, 0.05) is 6.42 Å². The standard InChI is InChI=1S/C20H23NO2/c1-2-23-19(22)20(21,16-18-12-7-4-8-13-18)15-9-14-17-10-5-3-6-11-17/h3-14H,2,15-16,21H2,1H3/t20-/m0/s1. The van der Waals surface area contributed by atoms with E-state index in [9.17, 15) is 4.79 Å². The van der Waals surface area contributed by atoms with Crippen LogP contribution in [0.5, 0.6) is 0 Å². The molecule has 0 bridgehead atoms. The van der Waals surface area contributed by atoms with Crippen LogP contribution >= 0.6 is 0 Å². The summed E-state index contributed by atoms with van der Waals surface area (Å²) in [5.41, 5.74) is 7.45. The van der Waals surface area contributed by atoms with Crippen molar-refractivity contribution in [3.05, 3.63) is 77.9 Å². The van der Waals surface area contributed by atoms with Gasteiger partial charge in [0.15, 0.2) is 0 Å². The molecule has 2 aromatic rings. The highest BCUT2D eigenvalue weighted by Crippen LogP contribution is 2.18. The summed E-state index contributed by atoms with van der Waals surface area (Å²) >= 11 is 0. The van der Waals surface area contributed by atoms with Gasteiger partial charge in [0.05, 0.1) is 6.61 Å². The molecule has 23 heavy (non-hydrogen) atoms. The molecule has 0 aliphatic rings. The maximum atomic E-state index is 12.3. The van der Waals surface area contributed by atoms with E-state index in [1.165, 1.54) is 0 Å². The van der Waals surface area contributed by atoms with Crippen molar-refractivity contribution in [3.8, 4) is 0 Å². The highest BCUT2D eigenvalue weighted by Gasteiger charge is 2.34. The summed E-state index contributed by atoms with van der Waals surface area (Å²) in [7, 11) is 0. The number of nitrogens with two attached hydrogens (primary N) is 1. The Balaban J connectivity index is 2.13. The van der Waals surface area contributed by atoms with Crippen LogP contribution < -0.4 is 5.73 Å². The van der Waals surface area contributed by atoms with Crippen molar-refractivity contribution in [1.82, 2.24) is 0 Å². The Morgan fingerprint density at radius 1 is 1.09 bits per heavy atom. The summed E-state index contributed by atoms with van der Waals surface area (Å²) < 4.78 is 5.18. The fourth-order valence-corrected chi connectivity index (χ4v) is 2.43. The second kappa shape index (κ2) is 8.30. The van der Waals surface area contributed by atoms with Crippen molar-refractivity contribution in [2.45, 2.75) is 25.3 Å². The second-order valence-corrected chi connectivity index (χ2v) is 5.56. The third kappa shape index (κ3) is 5.08. The molecule has 0 fully saturated rings. The molecule has 0 saturated heterocycles. The van der Waals surface area contributed by atoms with Crippen molar-refractivity contribution in [2.75, 3.05) is 6.61 Å². The van der Waals surface area contributed by atoms with Crippen LogP contribution in [0.4, 0.5) is 0 Å². The zero-order valence-electron chi connectivity index (χ0n) is 13.4. The quantitative estimate of drug-likeness (QED) is 0.795. The number of rotatable bonds is 7. The number of carbonyl (C=O) groups is 1. The van der Waals surface area contributed by atoms with Crippen LogP contribution in [0.1, 0.15) is 24.5 Å². The van der Waals surface area contributed by atoms with Crippen molar-refractivity contribution in [1.29, 1.82) is 0 Å². The molecule has 0 aromatic heterocycles. The predicted octanol–water partition coefficient (Wildman–Crippen LogP) is 3.59. The molecule has 0 spiro atoms. The van der Waals surface area contributed by atoms with Crippen molar-refractivity contribution in [3.63, 3.8) is 0 Å². The van der Waals surface area contributed by atoms with Crippen molar-refractivity contribution in [2.24, 2.45) is 5.73 Å². The van der Waals surface area contributed by atoms with Crippen LogP contribution in [-0.2, 0) is 16.0 Å². The van der Waals surface area contributed by atoms with Crippen LogP contribution in [-0.4, -0.2) is 18.1 Å². The Kier molecular flexibility index (Phi) is 6.12. The van der Waals surface area contributed by atoms with Gasteiger partial charge in [-0.1, -0.05) is 72.8 Å². The zero-order valence-corrected chi connectivity index (χ0v) is 13.4. The van der Waals surface area contributed by atoms with E-state index in [-0.39, 0.29) is 5.97 Å². The Hall–Kier alpha value is -2.39. The Morgan fingerprint density at radius 3 is 2.30 bits per heavy atom. The van der Waals surface area contributed by atoms with Crippen LogP contribution in [0.2, 0.25) is 0 Å². The molecule has 2 rings (SSSR count). The minimum atomic E-state index is -1.05. The summed E-state index contributed by atoms with van der Waals surface area (Å²) in [6.07, 6.45) is 4.79. The van der Waals surface area contributed by atoms with Crippen molar-refractivity contribution >= 4 is 12.0 Å². The summed E-state index contributed by atoms with van der Waals surface area (Å²) in [6.45, 7) is 2.12. The van der Waals surface area contributed by atoms with Crippen LogP contribution in [0.25, 0.3) is 6.08 Å². The molecule has 1 atom stereocenters. The third-order valence-corrected chi connectivity index (χ3v) is 3.64. The second-order valence-electron chi connectivity index (χ2n) is 5.56. The molecule has 3 nitrogen and oxygen atoms in total. The number of benzene rings is 2. The summed E-state index contributed by atoms with van der Waals surface area (Å²) in [6, 6.07) is 19.7. The Morgan fingerprint density at radius 2 is 1.70 bits per heavy atom. The highest BCUT2D eigenvalue weighted by molar-refractivity contribution is 5.81. The Labute approximate surface area is 137 Å². The number of hydrogen-bond donors (Lipinski definition) is 1. The normalized spacial score (nSPS) is 13.7. The van der Waals surface area contributed by atoms with E-state index in [0.717, 1.165) is 11.1 Å². The van der Waals surface area contributed by atoms with E-state index in [1.54, 1.807) is 6.92 Å². The minimum absolute atomic E-state index is 0.328. The topological polar surface area (TPSA) is 52.3 Å². The fourth-order valence-electron chi connectivity index (χ4n) is 2.43. The molecular formula is C20H23NO2. The lowest BCUT2D eigenvalue weighted by atomic mass is 9.88. The maximum absolute atomic E-state index is 12.3. The molecule has 0 aliphatic heterocycles. The maximum Gasteiger partial charge on any atom is 0.326 e. The van der Waals surface area contributed by atoms with E-state index in [1.807, 2.05) is 72.8 Å². The summed E-state index contributed by atoms with van der Waals surface area (Å²) in [4.78, 5) is 12.3. The molecule has 0 saturated carbocycles. The lowest BCUT2D eigenvalue weighted by Gasteiger charge is -2.26. The van der Waals surface area contributed by atoms with Gasteiger partial charge in [0.25, 0.3) is 0 Å². The molecule has 0 heterocycles. The van der Waals surface area contributed by atoms with E-state index in [2.05, 4.69) is 0 Å². The van der Waals surface area contributed by atoms with Gasteiger partial charge < -0.3 is 10.5 Å². The molecule has 3 heteroatoms. The van der Waals surface area contributed by atoms with E-state index in [4.69, 9.17) is 10.5 Å². The first-order valence-electron chi connectivity index (χ1n) is 7.85. The number of hydrogen-bond acceptors (Lipinski definition) is 3. The third-order valence-electron chi connectivity index (χ3n) is 3.64. The van der Waals surface area contributed by atoms with Crippen LogP contribution in [0.15, 0.2) is 66.7 Å². The largest absolute Gasteiger partial charge is 0.465 e. The summed E-state index contributed by atoms with van der Waals surface area (Å²) in [5.74, 6) is -0.360. The van der Waals surface area contributed by atoms with Gasteiger partial charge in [0.2, 0.25) is 0 Å². The SMILES string of the molecule is CCOC(=O)[C@](N)(CC=Cc1ccccc1)Cc1ccccc1. The van der Waals surface area contributed by atoms with Gasteiger partial charge in [-0.3, -0.25) is 4.79 Å². The van der Waals surface area contributed by atoms with Crippen molar-refractivity contribution < 1.29 is 9.53 Å². The predicted molar refractivity (Wildman–Crippen MR) is 93.8 cm³/mol. The smallest absolute Gasteiger partial charge is 0.326 e. The van der Waals surface area contributed by atoms with E-state index < -0.39 is 5.54 Å². The van der Waals surface area contributed by atoms with Gasteiger partial charge >= 0.3 is 5.97 Å². The molecule has 2 aromatic carbocycles. The number of ether oxygens (including phenoxy) is 1. The first kappa shape index (κ1) is 17.0. The average Bonchev–Trinajstić information content (AvgIpc) is 2.57. The molecule has 2 N–H and O–H groups in total. The average molecular weight is 309 g/mol. The van der Waals surface area contributed by atoms with Gasteiger partial charge in [0.1, 0.15) is 5.54 Å². The first-order valence-corrected chi connectivity index (χ1v) is 7.85. The molecular weight excluding hydrogens is 286 g/mol. The van der Waals surface area contributed by atoms with Gasteiger partial charge in [-0.05, 0) is 24.5 Å². The Bertz CT molecular complexity index is 637. The monoisotopic (exact) mass is 309 g/mol. The van der Waals surface area contributed by atoms with E-state index in [0.29, 0.717) is 19.4 Å². The van der Waals surface area contributed by atoms with Gasteiger partial charge in [-0.2, -0.15) is 0 Å². The number of esters is 1. The molecule has 0 radical (unpaired) electrons. The van der Waals surface area contributed by atoms with Crippen LogP contribution in [0.3, 0.4) is 0 Å². The number of carbonyl (C=O) groups excluding carboxylic acids is 1. The molecule has 0 aliphatic carbocycles. The molecule has 0 amide bonds. The molecule has 0 unspecified atom stereocenters. The first-order chi connectivity index (χ1) is 11.1. The minimum Gasteiger partial charge on any atom is -0.465 e. The van der Waals surface area contributed by atoms with Gasteiger partial charge in [-0.25, -0.2) is 0 Å².